The monoisotopic (exact) mass is 287 g/mol. The number of benzene rings is 1. The van der Waals surface area contributed by atoms with Crippen molar-refractivity contribution >= 4 is 0 Å². The van der Waals surface area contributed by atoms with Gasteiger partial charge >= 0.3 is 0 Å². The molecule has 1 heterocycles. The summed E-state index contributed by atoms with van der Waals surface area (Å²) in [5, 5.41) is 3.96. The second kappa shape index (κ2) is 6.83. The van der Waals surface area contributed by atoms with E-state index in [4.69, 9.17) is 4.74 Å². The molecular formula is C19H29NO. The summed E-state index contributed by atoms with van der Waals surface area (Å²) in [5.41, 5.74) is 2.65. The lowest BCUT2D eigenvalue weighted by atomic mass is 9.97. The summed E-state index contributed by atoms with van der Waals surface area (Å²) in [6.07, 6.45) is 9.17. The van der Waals surface area contributed by atoms with Crippen LogP contribution in [-0.2, 0) is 0 Å². The Morgan fingerprint density at radius 1 is 1.05 bits per heavy atom. The van der Waals surface area contributed by atoms with Gasteiger partial charge in [-0.15, -0.1) is 0 Å². The van der Waals surface area contributed by atoms with E-state index in [1.54, 1.807) is 0 Å². The smallest absolute Gasteiger partial charge is 0.126 e. The second-order valence-electron chi connectivity index (χ2n) is 7.01. The van der Waals surface area contributed by atoms with Gasteiger partial charge in [-0.05, 0) is 50.5 Å². The first kappa shape index (κ1) is 14.9. The maximum absolute atomic E-state index is 6.00. The first-order chi connectivity index (χ1) is 10.2. The Labute approximate surface area is 129 Å². The highest BCUT2D eigenvalue weighted by molar-refractivity contribution is 5.43. The van der Waals surface area contributed by atoms with Gasteiger partial charge < -0.3 is 10.1 Å². The molecule has 21 heavy (non-hydrogen) atoms. The topological polar surface area (TPSA) is 21.3 Å². The molecule has 1 aliphatic carbocycles. The van der Waals surface area contributed by atoms with Crippen LogP contribution < -0.4 is 10.1 Å². The largest absolute Gasteiger partial charge is 0.493 e. The van der Waals surface area contributed by atoms with Crippen LogP contribution >= 0.6 is 0 Å². The Bertz CT molecular complexity index is 471. The second-order valence-corrected chi connectivity index (χ2v) is 7.01. The van der Waals surface area contributed by atoms with Crippen molar-refractivity contribution in [3.05, 3.63) is 29.3 Å². The van der Waals surface area contributed by atoms with Gasteiger partial charge in [-0.25, -0.2) is 0 Å². The minimum absolute atomic E-state index is 0.473. The van der Waals surface area contributed by atoms with E-state index in [-0.39, 0.29) is 0 Å². The molecule has 0 amide bonds. The fraction of sp³-hybridized carbons (Fsp3) is 0.684. The van der Waals surface area contributed by atoms with Crippen molar-refractivity contribution in [2.75, 3.05) is 6.61 Å². The zero-order valence-corrected chi connectivity index (χ0v) is 13.5. The van der Waals surface area contributed by atoms with Gasteiger partial charge in [0.1, 0.15) is 5.75 Å². The zero-order valence-electron chi connectivity index (χ0n) is 13.5. The molecule has 116 valence electrons. The molecule has 1 aliphatic heterocycles. The third-order valence-corrected chi connectivity index (χ3v) is 5.20. The van der Waals surface area contributed by atoms with Crippen molar-refractivity contribution in [2.24, 2.45) is 5.92 Å². The van der Waals surface area contributed by atoms with E-state index in [0.717, 1.165) is 24.7 Å². The minimum Gasteiger partial charge on any atom is -0.493 e. The fourth-order valence-corrected chi connectivity index (χ4v) is 3.88. The van der Waals surface area contributed by atoms with Crippen LogP contribution in [0, 0.1) is 12.8 Å². The molecular weight excluding hydrogens is 258 g/mol. The number of nitrogens with one attached hydrogen (secondary N) is 1. The summed E-state index contributed by atoms with van der Waals surface area (Å²) in [6.45, 7) is 5.42. The van der Waals surface area contributed by atoms with Crippen LogP contribution in [0.2, 0.25) is 0 Å². The molecule has 0 radical (unpaired) electrons. The van der Waals surface area contributed by atoms with Crippen LogP contribution in [0.3, 0.4) is 0 Å². The SMILES string of the molecule is Cc1cccc2c1OCCCC2NC1CCCC(C)CC1. The molecule has 2 heteroatoms. The van der Waals surface area contributed by atoms with E-state index in [2.05, 4.69) is 37.4 Å². The zero-order chi connectivity index (χ0) is 14.7. The Morgan fingerprint density at radius 2 is 1.95 bits per heavy atom. The molecule has 3 unspecified atom stereocenters. The van der Waals surface area contributed by atoms with Crippen LogP contribution in [0.15, 0.2) is 18.2 Å². The molecule has 0 spiro atoms. The molecule has 0 aromatic heterocycles. The van der Waals surface area contributed by atoms with Gasteiger partial charge in [0.05, 0.1) is 6.61 Å². The number of ether oxygens (including phenoxy) is 1. The molecule has 1 fully saturated rings. The normalized spacial score (nSPS) is 29.9. The molecule has 3 atom stereocenters. The average Bonchev–Trinajstić information content (AvgIpc) is 2.80. The highest BCUT2D eigenvalue weighted by Gasteiger charge is 2.24. The van der Waals surface area contributed by atoms with Crippen LogP contribution in [0.25, 0.3) is 0 Å². The maximum Gasteiger partial charge on any atom is 0.126 e. The summed E-state index contributed by atoms with van der Waals surface area (Å²) in [4.78, 5) is 0. The van der Waals surface area contributed by atoms with Crippen molar-refractivity contribution in [3.63, 3.8) is 0 Å². The number of hydrogen-bond acceptors (Lipinski definition) is 2. The lowest BCUT2D eigenvalue weighted by Crippen LogP contribution is -2.32. The summed E-state index contributed by atoms with van der Waals surface area (Å²) >= 11 is 0. The van der Waals surface area contributed by atoms with Crippen LogP contribution in [-0.4, -0.2) is 12.6 Å². The van der Waals surface area contributed by atoms with E-state index < -0.39 is 0 Å². The predicted octanol–water partition coefficient (Wildman–Crippen LogP) is 4.77. The van der Waals surface area contributed by atoms with Gasteiger partial charge in [0.2, 0.25) is 0 Å². The van der Waals surface area contributed by atoms with Gasteiger partial charge in [0.25, 0.3) is 0 Å². The lowest BCUT2D eigenvalue weighted by molar-refractivity contribution is 0.311. The number of para-hydroxylation sites is 1. The summed E-state index contributed by atoms with van der Waals surface area (Å²) in [6, 6.07) is 7.75. The summed E-state index contributed by atoms with van der Waals surface area (Å²) in [5.74, 6) is 2.04. The third-order valence-electron chi connectivity index (χ3n) is 5.20. The van der Waals surface area contributed by atoms with Gasteiger partial charge in [-0.3, -0.25) is 0 Å². The molecule has 1 aromatic carbocycles. The summed E-state index contributed by atoms with van der Waals surface area (Å²) in [7, 11) is 0. The van der Waals surface area contributed by atoms with Crippen molar-refractivity contribution < 1.29 is 4.74 Å². The van der Waals surface area contributed by atoms with Crippen molar-refractivity contribution in [2.45, 2.75) is 70.9 Å². The van der Waals surface area contributed by atoms with Gasteiger partial charge in [0, 0.05) is 17.6 Å². The number of rotatable bonds is 2. The molecule has 1 saturated carbocycles. The number of aryl methyl sites for hydroxylation is 1. The van der Waals surface area contributed by atoms with Gasteiger partial charge in [-0.2, -0.15) is 0 Å². The fourth-order valence-electron chi connectivity index (χ4n) is 3.88. The number of hydrogen-bond donors (Lipinski definition) is 1. The highest BCUT2D eigenvalue weighted by atomic mass is 16.5. The van der Waals surface area contributed by atoms with Crippen LogP contribution in [0.5, 0.6) is 5.75 Å². The van der Waals surface area contributed by atoms with Crippen molar-refractivity contribution in [1.29, 1.82) is 0 Å². The Morgan fingerprint density at radius 3 is 2.86 bits per heavy atom. The number of fused-ring (bicyclic) bond motifs is 1. The molecule has 1 N–H and O–H groups in total. The molecule has 2 nitrogen and oxygen atoms in total. The van der Waals surface area contributed by atoms with E-state index >= 15 is 0 Å². The first-order valence-electron chi connectivity index (χ1n) is 8.72. The van der Waals surface area contributed by atoms with Crippen molar-refractivity contribution in [1.82, 2.24) is 5.32 Å². The molecule has 0 saturated heterocycles. The molecule has 2 aliphatic rings. The molecule has 1 aromatic rings. The van der Waals surface area contributed by atoms with Crippen LogP contribution in [0.1, 0.15) is 69.0 Å². The first-order valence-corrected chi connectivity index (χ1v) is 8.72. The predicted molar refractivity (Wildman–Crippen MR) is 87.8 cm³/mol. The molecule has 0 bridgehead atoms. The summed E-state index contributed by atoms with van der Waals surface area (Å²) < 4.78 is 6.00. The quantitative estimate of drug-likeness (QED) is 0.791. The maximum atomic E-state index is 6.00. The third kappa shape index (κ3) is 3.60. The highest BCUT2D eigenvalue weighted by Crippen LogP contribution is 2.35. The molecule has 3 rings (SSSR count). The Balaban J connectivity index is 1.74. The lowest BCUT2D eigenvalue weighted by Gasteiger charge is -2.25. The van der Waals surface area contributed by atoms with Crippen LogP contribution in [0.4, 0.5) is 0 Å². The van der Waals surface area contributed by atoms with Crippen molar-refractivity contribution in [3.8, 4) is 5.75 Å². The Kier molecular flexibility index (Phi) is 4.84. The van der Waals surface area contributed by atoms with E-state index in [1.165, 1.54) is 49.7 Å². The standard InChI is InChI=1S/C19H29NO/c1-14-6-3-8-16(12-11-14)20-18-10-5-13-21-19-15(2)7-4-9-17(18)19/h4,7,9,14,16,18,20H,3,5-6,8,10-13H2,1-2H3. The van der Waals surface area contributed by atoms with Gasteiger partial charge in [0.15, 0.2) is 0 Å². The van der Waals surface area contributed by atoms with E-state index in [1.807, 2.05) is 0 Å². The van der Waals surface area contributed by atoms with E-state index in [9.17, 15) is 0 Å². The minimum atomic E-state index is 0.473. The van der Waals surface area contributed by atoms with Gasteiger partial charge in [-0.1, -0.05) is 38.0 Å². The average molecular weight is 287 g/mol. The Hall–Kier alpha value is -1.02. The van der Waals surface area contributed by atoms with E-state index in [0.29, 0.717) is 12.1 Å².